The average Bonchev–Trinajstić information content (AvgIpc) is 3.45. The maximum Gasteiger partial charge on any atom is 0.161 e. The molecule has 2 unspecified atom stereocenters. The number of allylic oxidation sites excluding steroid dienone is 5. The van der Waals surface area contributed by atoms with Gasteiger partial charge in [-0.25, -0.2) is 0 Å². The van der Waals surface area contributed by atoms with Crippen molar-refractivity contribution in [2.45, 2.75) is 51.7 Å². The Hall–Kier alpha value is -3.54. The van der Waals surface area contributed by atoms with Crippen LogP contribution in [-0.2, 0) is 11.2 Å². The van der Waals surface area contributed by atoms with Gasteiger partial charge in [-0.2, -0.15) is 0 Å². The number of ether oxygens (including phenoxy) is 1. The number of hydrogen-bond acceptors (Lipinski definition) is 5. The molecule has 2 atom stereocenters. The maximum absolute atomic E-state index is 11.1. The molecule has 5 heteroatoms. The van der Waals surface area contributed by atoms with Gasteiger partial charge in [-0.05, 0) is 73.6 Å². The third-order valence-corrected chi connectivity index (χ3v) is 6.86. The molecule has 1 heterocycles. The summed E-state index contributed by atoms with van der Waals surface area (Å²) < 4.78 is 5.91. The second kappa shape index (κ2) is 11.7. The van der Waals surface area contributed by atoms with Gasteiger partial charge in [-0.1, -0.05) is 67.6 Å². The van der Waals surface area contributed by atoms with Gasteiger partial charge in [0, 0.05) is 28.9 Å². The lowest BCUT2D eigenvalue weighted by molar-refractivity contribution is 0.157. The molecule has 2 aromatic carbocycles. The van der Waals surface area contributed by atoms with Crippen molar-refractivity contribution in [1.82, 2.24) is 5.32 Å². The van der Waals surface area contributed by atoms with Gasteiger partial charge in [-0.15, -0.1) is 0 Å². The van der Waals surface area contributed by atoms with Crippen molar-refractivity contribution in [1.29, 1.82) is 0 Å². The summed E-state index contributed by atoms with van der Waals surface area (Å²) in [6, 6.07) is 15.2. The van der Waals surface area contributed by atoms with E-state index >= 15 is 0 Å². The van der Waals surface area contributed by atoms with Crippen LogP contribution in [0.2, 0.25) is 0 Å². The monoisotopic (exact) mass is 497 g/mol. The van der Waals surface area contributed by atoms with Crippen molar-refractivity contribution >= 4 is 11.3 Å². The molecular weight excluding hydrogens is 458 g/mol. The Kier molecular flexibility index (Phi) is 8.37. The number of nitrogens with two attached hydrogens (primary N) is 1. The van der Waals surface area contributed by atoms with Gasteiger partial charge in [0.2, 0.25) is 0 Å². The van der Waals surface area contributed by atoms with Gasteiger partial charge < -0.3 is 26.2 Å². The predicted octanol–water partition coefficient (Wildman–Crippen LogP) is 6.11. The van der Waals surface area contributed by atoms with E-state index in [9.17, 15) is 5.11 Å². The number of aliphatic hydroxyl groups is 1. The summed E-state index contributed by atoms with van der Waals surface area (Å²) >= 11 is 0. The molecule has 0 amide bonds. The van der Waals surface area contributed by atoms with Crippen LogP contribution in [0.1, 0.15) is 61.8 Å². The zero-order valence-electron chi connectivity index (χ0n) is 22.2. The Morgan fingerprint density at radius 3 is 2.81 bits per heavy atom. The molecule has 2 aromatic rings. The third kappa shape index (κ3) is 6.62. The second-order valence-electron chi connectivity index (χ2n) is 10.1. The fourth-order valence-electron chi connectivity index (χ4n) is 5.00. The van der Waals surface area contributed by atoms with Gasteiger partial charge in [0.05, 0.1) is 13.2 Å². The van der Waals surface area contributed by atoms with Crippen LogP contribution >= 0.6 is 0 Å². The van der Waals surface area contributed by atoms with E-state index < -0.39 is 5.72 Å². The number of hydrogen-bond donors (Lipinski definition) is 4. The van der Waals surface area contributed by atoms with Crippen LogP contribution in [0, 0.1) is 0 Å². The highest BCUT2D eigenvalue weighted by Gasteiger charge is 2.36. The smallest absolute Gasteiger partial charge is 0.161 e. The first kappa shape index (κ1) is 26.5. The zero-order valence-corrected chi connectivity index (χ0v) is 22.2. The number of rotatable bonds is 11. The van der Waals surface area contributed by atoms with Crippen LogP contribution < -0.4 is 16.4 Å². The summed E-state index contributed by atoms with van der Waals surface area (Å²) in [7, 11) is 0. The van der Waals surface area contributed by atoms with E-state index in [1.807, 2.05) is 6.92 Å². The van der Waals surface area contributed by atoms with E-state index in [1.165, 1.54) is 22.3 Å². The van der Waals surface area contributed by atoms with Gasteiger partial charge in [0.15, 0.2) is 5.72 Å². The van der Waals surface area contributed by atoms with Crippen LogP contribution in [0.25, 0.3) is 5.57 Å². The van der Waals surface area contributed by atoms with Crippen LogP contribution in [0.15, 0.2) is 96.5 Å². The van der Waals surface area contributed by atoms with Gasteiger partial charge in [0.25, 0.3) is 0 Å². The normalized spacial score (nSPS) is 20.5. The highest BCUT2D eigenvalue weighted by Crippen LogP contribution is 2.42. The van der Waals surface area contributed by atoms with E-state index in [4.69, 9.17) is 10.5 Å². The molecule has 2 aliphatic rings. The topological polar surface area (TPSA) is 79.5 Å². The molecule has 194 valence electrons. The van der Waals surface area contributed by atoms with Gasteiger partial charge in [-0.3, -0.25) is 0 Å². The molecule has 0 spiro atoms. The Morgan fingerprint density at radius 2 is 2.08 bits per heavy atom. The largest absolute Gasteiger partial charge is 0.385 e. The molecule has 0 radical (unpaired) electrons. The number of nitrogens with one attached hydrogen (secondary N) is 2. The molecule has 0 aromatic heterocycles. The van der Waals surface area contributed by atoms with E-state index in [0.29, 0.717) is 19.0 Å². The Labute approximate surface area is 221 Å². The molecule has 5 N–H and O–H groups in total. The Balaban J connectivity index is 1.51. The number of fused-ring (bicyclic) bond motifs is 1. The standard InChI is InChI=1S/C32H39N3O2/c1-5-27(25-12-8-11-23(18-25)15-16-37-21-24-9-6-7-10-24)26-13-14-30-28(19-26)29(32(4,36)35-30)20-34-31(33)17-22(2)3/h6-9,11-14,17-20,27,34-36H,2,5,10,15-16,21,33H2,1,3-4H3/b29-20-,31-17+. The molecule has 0 bridgehead atoms. The minimum Gasteiger partial charge on any atom is -0.385 e. The minimum absolute atomic E-state index is 0.244. The van der Waals surface area contributed by atoms with Crippen molar-refractivity contribution < 1.29 is 9.84 Å². The zero-order chi connectivity index (χ0) is 26.4. The van der Waals surface area contributed by atoms with E-state index in [1.54, 1.807) is 19.2 Å². The lowest BCUT2D eigenvalue weighted by atomic mass is 9.86. The molecule has 0 saturated carbocycles. The van der Waals surface area contributed by atoms with Crippen molar-refractivity contribution in [2.24, 2.45) is 5.73 Å². The molecule has 0 saturated heterocycles. The summed E-state index contributed by atoms with van der Waals surface area (Å²) in [6.45, 7) is 11.1. The molecule has 4 rings (SSSR count). The quantitative estimate of drug-likeness (QED) is 0.222. The maximum atomic E-state index is 11.1. The molecule has 37 heavy (non-hydrogen) atoms. The first-order valence-corrected chi connectivity index (χ1v) is 13.0. The van der Waals surface area contributed by atoms with Gasteiger partial charge >= 0.3 is 0 Å². The van der Waals surface area contributed by atoms with Gasteiger partial charge in [0.1, 0.15) is 5.82 Å². The fourth-order valence-corrected chi connectivity index (χ4v) is 5.00. The van der Waals surface area contributed by atoms with E-state index in [-0.39, 0.29) is 5.92 Å². The molecule has 1 aliphatic heterocycles. The lowest BCUT2D eigenvalue weighted by Crippen LogP contribution is -2.31. The SMILES string of the molecule is C=C(C)/C=C(\N)N/C=C1/c2cc(C(CC)c3cccc(CCOCC4=CC=CC4)c3)ccc2NC1(C)O. The highest BCUT2D eigenvalue weighted by atomic mass is 16.5. The summed E-state index contributed by atoms with van der Waals surface area (Å²) in [5.74, 6) is 0.721. The highest BCUT2D eigenvalue weighted by molar-refractivity contribution is 5.88. The van der Waals surface area contributed by atoms with Crippen molar-refractivity contribution in [3.8, 4) is 0 Å². The first-order valence-electron chi connectivity index (χ1n) is 13.0. The summed E-state index contributed by atoms with van der Waals surface area (Å²) in [5.41, 5.74) is 13.4. The number of benzene rings is 2. The number of anilines is 1. The Morgan fingerprint density at radius 1 is 1.27 bits per heavy atom. The lowest BCUT2D eigenvalue weighted by Gasteiger charge is -2.20. The van der Waals surface area contributed by atoms with Crippen molar-refractivity contribution in [3.63, 3.8) is 0 Å². The molecular formula is C32H39N3O2. The second-order valence-corrected chi connectivity index (χ2v) is 10.1. The van der Waals surface area contributed by atoms with E-state index in [2.05, 4.69) is 84.8 Å². The van der Waals surface area contributed by atoms with Crippen LogP contribution in [0.4, 0.5) is 5.69 Å². The minimum atomic E-state index is -1.20. The Bertz CT molecular complexity index is 1270. The fraction of sp³-hybridized carbons (Fsp3) is 0.312. The van der Waals surface area contributed by atoms with Crippen molar-refractivity contribution in [3.05, 3.63) is 119 Å². The first-order chi connectivity index (χ1) is 17.8. The third-order valence-electron chi connectivity index (χ3n) is 6.86. The molecule has 5 nitrogen and oxygen atoms in total. The summed E-state index contributed by atoms with van der Waals surface area (Å²) in [5, 5.41) is 17.4. The van der Waals surface area contributed by atoms with Crippen LogP contribution in [-0.4, -0.2) is 24.0 Å². The summed E-state index contributed by atoms with van der Waals surface area (Å²) in [6.07, 6.45) is 12.8. The predicted molar refractivity (Wildman–Crippen MR) is 154 cm³/mol. The van der Waals surface area contributed by atoms with Crippen LogP contribution in [0.5, 0.6) is 0 Å². The molecule has 1 aliphatic carbocycles. The summed E-state index contributed by atoms with van der Waals surface area (Å²) in [4.78, 5) is 0. The van der Waals surface area contributed by atoms with E-state index in [0.717, 1.165) is 41.7 Å². The average molecular weight is 498 g/mol. The van der Waals surface area contributed by atoms with Crippen LogP contribution in [0.3, 0.4) is 0 Å². The van der Waals surface area contributed by atoms with Crippen molar-refractivity contribution in [2.75, 3.05) is 18.5 Å². The molecule has 0 fully saturated rings.